The second kappa shape index (κ2) is 15.3. The summed E-state index contributed by atoms with van der Waals surface area (Å²) in [5.41, 5.74) is -0.307. The summed E-state index contributed by atoms with van der Waals surface area (Å²) in [6.45, 7) is -0.285. The van der Waals surface area contributed by atoms with Gasteiger partial charge >= 0.3 is 17.8 Å². The minimum absolute atomic E-state index is 0.0222. The molecule has 6 atom stereocenters. The van der Waals surface area contributed by atoms with Crippen LogP contribution >= 0.6 is 0 Å². The molecule has 0 bridgehead atoms. The number of amides is 2. The van der Waals surface area contributed by atoms with E-state index in [0.717, 1.165) is 23.7 Å². The number of hydrogen-bond donors (Lipinski definition) is 7. The van der Waals surface area contributed by atoms with Crippen LogP contribution < -0.4 is 20.1 Å². The molecule has 1 saturated heterocycles. The minimum Gasteiger partial charge on any atom is -0.495 e. The van der Waals surface area contributed by atoms with E-state index in [0.29, 0.717) is 11.4 Å². The zero-order chi connectivity index (χ0) is 35.2. The third kappa shape index (κ3) is 8.12. The number of nitrogens with zero attached hydrogens (tertiary/aromatic N) is 3. The molecular weight excluding hydrogens is 648 g/mol. The lowest BCUT2D eigenvalue weighted by Crippen LogP contribution is -2.68. The fourth-order valence-electron chi connectivity index (χ4n) is 4.88. The fourth-order valence-corrected chi connectivity index (χ4v) is 4.88. The van der Waals surface area contributed by atoms with Gasteiger partial charge in [0.25, 0.3) is 6.43 Å². The molecule has 19 heteroatoms. The first-order valence-electron chi connectivity index (χ1n) is 14.2. The van der Waals surface area contributed by atoms with Crippen LogP contribution in [0, 0.1) is 0 Å². The lowest BCUT2D eigenvalue weighted by molar-refractivity contribution is -0.284. The molecule has 3 aromatic rings. The zero-order valence-corrected chi connectivity index (χ0v) is 25.4. The van der Waals surface area contributed by atoms with Gasteiger partial charge < -0.3 is 49.8 Å². The second-order valence-electron chi connectivity index (χ2n) is 10.6. The first kappa shape index (κ1) is 35.9. The molecule has 2 aromatic carbocycles. The number of carboxylic acids is 1. The summed E-state index contributed by atoms with van der Waals surface area (Å²) in [6, 6.07) is 8.27. The van der Waals surface area contributed by atoms with Crippen molar-refractivity contribution in [3.63, 3.8) is 0 Å². The Morgan fingerprint density at radius 3 is 2.54 bits per heavy atom. The molecule has 1 aliphatic heterocycles. The summed E-state index contributed by atoms with van der Waals surface area (Å²) in [7, 11) is 1.43. The first-order valence-corrected chi connectivity index (χ1v) is 14.2. The summed E-state index contributed by atoms with van der Waals surface area (Å²) < 4.78 is 51.0. The Labute approximate surface area is 270 Å². The molecule has 0 saturated carbocycles. The van der Waals surface area contributed by atoms with E-state index in [-0.39, 0.29) is 18.0 Å². The number of alkyl halides is 2. The number of aliphatic hydroxyl groups is 4. The van der Waals surface area contributed by atoms with Crippen LogP contribution in [0.25, 0.3) is 5.69 Å². The number of carboxylic acid groups (broad SMARTS) is 1. The Hall–Kier alpha value is -4.95. The molecule has 2 amide bonds. The van der Waals surface area contributed by atoms with Gasteiger partial charge in [0, 0.05) is 6.92 Å². The molecular formula is C29H33F2N5O12. The molecule has 0 spiro atoms. The van der Waals surface area contributed by atoms with Crippen LogP contribution in [-0.2, 0) is 25.7 Å². The van der Waals surface area contributed by atoms with Gasteiger partial charge in [0.1, 0.15) is 42.1 Å². The molecule has 4 rings (SSSR count). The van der Waals surface area contributed by atoms with Crippen molar-refractivity contribution in [2.75, 3.05) is 19.0 Å². The highest BCUT2D eigenvalue weighted by Gasteiger charge is 2.57. The molecule has 1 aliphatic rings. The Morgan fingerprint density at radius 1 is 1.17 bits per heavy atom. The van der Waals surface area contributed by atoms with E-state index in [2.05, 4.69) is 20.9 Å². The van der Waals surface area contributed by atoms with Gasteiger partial charge in [-0.1, -0.05) is 17.3 Å². The van der Waals surface area contributed by atoms with E-state index in [1.165, 1.54) is 19.4 Å². The van der Waals surface area contributed by atoms with Gasteiger partial charge in [-0.05, 0) is 30.3 Å². The number of aromatic nitrogens is 3. The predicted molar refractivity (Wildman–Crippen MR) is 156 cm³/mol. The van der Waals surface area contributed by atoms with Crippen molar-refractivity contribution < 1.29 is 67.6 Å². The summed E-state index contributed by atoms with van der Waals surface area (Å²) >= 11 is 0. The maximum absolute atomic E-state index is 14.3. The number of para-hydroxylation sites is 2. The Kier molecular flexibility index (Phi) is 11.4. The van der Waals surface area contributed by atoms with Crippen molar-refractivity contribution in [1.82, 2.24) is 20.3 Å². The van der Waals surface area contributed by atoms with Crippen molar-refractivity contribution in [2.45, 2.75) is 62.6 Å². The molecule has 1 fully saturated rings. The molecule has 0 unspecified atom stereocenters. The monoisotopic (exact) mass is 681 g/mol. The van der Waals surface area contributed by atoms with Crippen LogP contribution in [0.15, 0.2) is 48.7 Å². The number of anilines is 1. The summed E-state index contributed by atoms with van der Waals surface area (Å²) in [6.07, 6.45) is -11.3. The number of methoxy groups -OCH3 is 1. The van der Waals surface area contributed by atoms with Gasteiger partial charge in [-0.15, -0.1) is 5.10 Å². The highest BCUT2D eigenvalue weighted by molar-refractivity contribution is 5.86. The Bertz CT molecular complexity index is 1610. The summed E-state index contributed by atoms with van der Waals surface area (Å²) in [5, 5.41) is 63.3. The number of benzene rings is 2. The maximum atomic E-state index is 14.3. The third-order valence-electron chi connectivity index (χ3n) is 7.19. The number of aliphatic carboxylic acids is 1. The zero-order valence-electron chi connectivity index (χ0n) is 25.4. The van der Waals surface area contributed by atoms with Crippen molar-refractivity contribution in [3.8, 4) is 17.2 Å². The number of carbonyl (C=O) groups is 3. The molecule has 0 radical (unpaired) electrons. The first-order chi connectivity index (χ1) is 22.8. The normalized spacial score (nSPS) is 22.0. The highest BCUT2D eigenvalue weighted by atomic mass is 19.3. The standard InChI is InChI=1S/C29H33F2N5O12/c1-14(38)32-23-19(39)10-29(27(42)43,48-25(23)24(41)20(40)12-37)47-21-8-7-16(9-17(21)26(30)31)36-11-15(34-35-36)13-46-28(44)33-18-5-3-4-6-22(18)45-2/h3-9,11,19-20,23-26,37,39-41H,10,12-13H2,1-2H3,(H,32,38)(H,33,44)(H,42,43)/t19-,20+,23+,24+,25+,29+/m0/s1. The second-order valence-corrected chi connectivity index (χ2v) is 10.6. The molecule has 260 valence electrons. The highest BCUT2D eigenvalue weighted by Crippen LogP contribution is 2.39. The van der Waals surface area contributed by atoms with Gasteiger partial charge in [-0.3, -0.25) is 10.1 Å². The molecule has 48 heavy (non-hydrogen) atoms. The average Bonchev–Trinajstić information content (AvgIpc) is 3.53. The van der Waals surface area contributed by atoms with Crippen LogP contribution in [0.4, 0.5) is 19.3 Å². The van der Waals surface area contributed by atoms with Crippen LogP contribution in [0.2, 0.25) is 0 Å². The molecule has 1 aromatic heterocycles. The number of aliphatic hydroxyl groups excluding tert-OH is 4. The topological polar surface area (TPSA) is 244 Å². The van der Waals surface area contributed by atoms with E-state index in [4.69, 9.17) is 18.9 Å². The van der Waals surface area contributed by atoms with Crippen molar-refractivity contribution in [2.24, 2.45) is 0 Å². The van der Waals surface area contributed by atoms with Gasteiger partial charge in [0.2, 0.25) is 5.91 Å². The number of ether oxygens (including phenoxy) is 4. The SMILES string of the molecule is COc1ccccc1NC(=O)OCc1cn(-c2ccc(O[C@]3(C(=O)O)C[C@H](O)[C@@H](NC(C)=O)[C@H]([C@H](O)[C@H](O)CO)O3)c(C(F)F)c2)nn1. The smallest absolute Gasteiger partial charge is 0.412 e. The van der Waals surface area contributed by atoms with Crippen molar-refractivity contribution in [1.29, 1.82) is 0 Å². The van der Waals surface area contributed by atoms with Gasteiger partial charge in [0.05, 0.1) is 55.4 Å². The predicted octanol–water partition coefficient (Wildman–Crippen LogP) is 0.490. The summed E-state index contributed by atoms with van der Waals surface area (Å²) in [4.78, 5) is 36.5. The Morgan fingerprint density at radius 2 is 1.90 bits per heavy atom. The van der Waals surface area contributed by atoms with Gasteiger partial charge in [-0.25, -0.2) is 23.1 Å². The molecule has 2 heterocycles. The third-order valence-corrected chi connectivity index (χ3v) is 7.19. The molecule has 0 aliphatic carbocycles. The van der Waals surface area contributed by atoms with E-state index in [1.54, 1.807) is 24.3 Å². The van der Waals surface area contributed by atoms with E-state index in [1.807, 2.05) is 0 Å². The van der Waals surface area contributed by atoms with E-state index < -0.39 is 85.0 Å². The number of nitrogens with one attached hydrogen (secondary N) is 2. The van der Waals surface area contributed by atoms with Crippen LogP contribution in [0.5, 0.6) is 11.5 Å². The van der Waals surface area contributed by atoms with Crippen molar-refractivity contribution >= 4 is 23.7 Å². The largest absolute Gasteiger partial charge is 0.495 e. The number of halogens is 2. The molecule has 17 nitrogen and oxygen atoms in total. The lowest BCUT2D eigenvalue weighted by atomic mass is 9.88. The maximum Gasteiger partial charge on any atom is 0.412 e. The minimum atomic E-state index is -3.24. The molecule has 7 N–H and O–H groups in total. The van der Waals surface area contributed by atoms with Crippen LogP contribution in [0.3, 0.4) is 0 Å². The fraction of sp³-hybridized carbons (Fsp3) is 0.414. The van der Waals surface area contributed by atoms with Gasteiger partial charge in [0.15, 0.2) is 0 Å². The van der Waals surface area contributed by atoms with Crippen LogP contribution in [-0.4, -0.2) is 108 Å². The van der Waals surface area contributed by atoms with Crippen molar-refractivity contribution in [3.05, 3.63) is 59.9 Å². The average molecular weight is 682 g/mol. The number of rotatable bonds is 13. The van der Waals surface area contributed by atoms with E-state index >= 15 is 0 Å². The quantitative estimate of drug-likeness (QED) is 0.130. The summed E-state index contributed by atoms with van der Waals surface area (Å²) in [5.74, 6) is -5.79. The lowest BCUT2D eigenvalue weighted by Gasteiger charge is -2.46. The Balaban J connectivity index is 1.55. The van der Waals surface area contributed by atoms with Crippen LogP contribution in [0.1, 0.15) is 31.0 Å². The number of hydrogen-bond acceptors (Lipinski definition) is 13. The number of carbonyl (C=O) groups excluding carboxylic acids is 2. The van der Waals surface area contributed by atoms with E-state index in [9.17, 15) is 48.7 Å². The van der Waals surface area contributed by atoms with Gasteiger partial charge in [-0.2, -0.15) is 0 Å².